The Morgan fingerprint density at radius 3 is 2.75 bits per heavy atom. The van der Waals surface area contributed by atoms with Gasteiger partial charge in [-0.15, -0.1) is 0 Å². The molecule has 0 aliphatic rings. The first-order valence-electron chi connectivity index (χ1n) is 8.60. The summed E-state index contributed by atoms with van der Waals surface area (Å²) < 4.78 is 4.98. The Kier molecular flexibility index (Phi) is 7.44. The van der Waals surface area contributed by atoms with Gasteiger partial charge in [-0.2, -0.15) is 5.26 Å². The molecule has 2 rings (SSSR count). The SMILES string of the molecule is CCOC(=O)c1cc(C#N)c(S[C@H](C)C(=O)Nc2cccc(Cl)c2C)nc1C. The minimum absolute atomic E-state index is 0.220. The van der Waals surface area contributed by atoms with Gasteiger partial charge in [0.15, 0.2) is 0 Å². The Bertz CT molecular complexity index is 956. The second-order valence-electron chi connectivity index (χ2n) is 5.97. The number of nitrogens with one attached hydrogen (secondary N) is 1. The molecule has 2 aromatic rings. The highest BCUT2D eigenvalue weighted by atomic mass is 35.5. The second-order valence-corrected chi connectivity index (χ2v) is 7.70. The van der Waals surface area contributed by atoms with Crippen molar-refractivity contribution in [2.45, 2.75) is 38.0 Å². The lowest BCUT2D eigenvalue weighted by Crippen LogP contribution is -2.23. The Hall–Kier alpha value is -2.56. The summed E-state index contributed by atoms with van der Waals surface area (Å²) in [6.45, 7) is 7.15. The fraction of sp³-hybridized carbons (Fsp3) is 0.300. The lowest BCUT2D eigenvalue weighted by Gasteiger charge is -2.15. The Labute approximate surface area is 173 Å². The summed E-state index contributed by atoms with van der Waals surface area (Å²) in [4.78, 5) is 28.9. The van der Waals surface area contributed by atoms with Crippen LogP contribution in [0.4, 0.5) is 5.69 Å². The fourth-order valence-corrected chi connectivity index (χ4v) is 3.46. The number of nitriles is 1. The molecule has 0 saturated heterocycles. The predicted molar refractivity (Wildman–Crippen MR) is 110 cm³/mol. The van der Waals surface area contributed by atoms with Crippen LogP contribution in [0.1, 0.15) is 41.0 Å². The largest absolute Gasteiger partial charge is 0.462 e. The molecule has 1 heterocycles. The molecule has 146 valence electrons. The maximum absolute atomic E-state index is 12.6. The molecular weight excluding hydrogens is 398 g/mol. The van der Waals surface area contributed by atoms with E-state index in [0.29, 0.717) is 21.4 Å². The molecule has 0 fully saturated rings. The number of aromatic nitrogens is 1. The third-order valence-corrected chi connectivity index (χ3v) is 5.49. The molecule has 6 nitrogen and oxygen atoms in total. The number of thioether (sulfide) groups is 1. The number of hydrogen-bond donors (Lipinski definition) is 1. The van der Waals surface area contributed by atoms with Crippen molar-refractivity contribution in [3.05, 3.63) is 51.7 Å². The van der Waals surface area contributed by atoms with Crippen LogP contribution in [0.25, 0.3) is 0 Å². The van der Waals surface area contributed by atoms with E-state index in [1.807, 2.05) is 13.0 Å². The number of ether oxygens (including phenoxy) is 1. The molecule has 1 aromatic heterocycles. The number of hydrogen-bond acceptors (Lipinski definition) is 6. The number of aryl methyl sites for hydroxylation is 1. The number of anilines is 1. The van der Waals surface area contributed by atoms with Crippen molar-refractivity contribution >= 4 is 40.9 Å². The van der Waals surface area contributed by atoms with Gasteiger partial charge in [-0.3, -0.25) is 4.79 Å². The van der Waals surface area contributed by atoms with Crippen LogP contribution in [0, 0.1) is 25.2 Å². The van der Waals surface area contributed by atoms with Gasteiger partial charge >= 0.3 is 5.97 Å². The molecule has 1 amide bonds. The van der Waals surface area contributed by atoms with Gasteiger partial charge < -0.3 is 10.1 Å². The highest BCUT2D eigenvalue weighted by Gasteiger charge is 2.21. The van der Waals surface area contributed by atoms with Crippen LogP contribution < -0.4 is 5.32 Å². The van der Waals surface area contributed by atoms with Gasteiger partial charge in [-0.1, -0.05) is 29.4 Å². The first kappa shape index (κ1) is 21.7. The van der Waals surface area contributed by atoms with Crippen molar-refractivity contribution in [1.82, 2.24) is 4.98 Å². The number of carbonyl (C=O) groups excluding carboxylic acids is 2. The summed E-state index contributed by atoms with van der Waals surface area (Å²) in [6.07, 6.45) is 0. The quantitative estimate of drug-likeness (QED) is 0.548. The maximum Gasteiger partial charge on any atom is 0.340 e. The number of pyridine rings is 1. The zero-order valence-electron chi connectivity index (χ0n) is 16.0. The predicted octanol–water partition coefficient (Wildman–Crippen LogP) is 4.52. The van der Waals surface area contributed by atoms with E-state index in [-0.39, 0.29) is 23.6 Å². The highest BCUT2D eigenvalue weighted by molar-refractivity contribution is 8.00. The van der Waals surface area contributed by atoms with E-state index in [0.717, 1.165) is 17.3 Å². The summed E-state index contributed by atoms with van der Waals surface area (Å²) in [7, 11) is 0. The number of halogens is 1. The molecule has 0 aliphatic heterocycles. The van der Waals surface area contributed by atoms with E-state index in [2.05, 4.69) is 10.3 Å². The molecule has 0 spiro atoms. The van der Waals surface area contributed by atoms with Gasteiger partial charge in [0.1, 0.15) is 11.1 Å². The molecule has 28 heavy (non-hydrogen) atoms. The smallest absolute Gasteiger partial charge is 0.340 e. The number of amides is 1. The van der Waals surface area contributed by atoms with Crippen molar-refractivity contribution in [3.8, 4) is 6.07 Å². The Morgan fingerprint density at radius 2 is 2.11 bits per heavy atom. The zero-order valence-corrected chi connectivity index (χ0v) is 17.6. The third-order valence-electron chi connectivity index (χ3n) is 3.98. The van der Waals surface area contributed by atoms with E-state index >= 15 is 0 Å². The summed E-state index contributed by atoms with van der Waals surface area (Å²) >= 11 is 7.24. The molecule has 0 bridgehead atoms. The van der Waals surface area contributed by atoms with E-state index in [9.17, 15) is 14.9 Å². The second kappa shape index (κ2) is 9.58. The van der Waals surface area contributed by atoms with E-state index in [4.69, 9.17) is 16.3 Å². The molecule has 0 unspecified atom stereocenters. The van der Waals surface area contributed by atoms with Crippen LogP contribution in [0.5, 0.6) is 0 Å². The lowest BCUT2D eigenvalue weighted by atomic mass is 10.1. The van der Waals surface area contributed by atoms with E-state index in [1.54, 1.807) is 39.0 Å². The van der Waals surface area contributed by atoms with E-state index < -0.39 is 11.2 Å². The molecule has 0 radical (unpaired) electrons. The number of benzene rings is 1. The summed E-state index contributed by atoms with van der Waals surface area (Å²) in [5.74, 6) is -0.768. The number of nitrogens with zero attached hydrogens (tertiary/aromatic N) is 2. The van der Waals surface area contributed by atoms with Crippen molar-refractivity contribution in [2.24, 2.45) is 0 Å². The number of rotatable bonds is 6. The van der Waals surface area contributed by atoms with Crippen molar-refractivity contribution < 1.29 is 14.3 Å². The van der Waals surface area contributed by atoms with Gasteiger partial charge in [0.05, 0.1) is 28.7 Å². The fourth-order valence-electron chi connectivity index (χ4n) is 2.37. The Morgan fingerprint density at radius 1 is 1.39 bits per heavy atom. The van der Waals surface area contributed by atoms with Crippen LogP contribution in [-0.4, -0.2) is 28.7 Å². The average molecular weight is 418 g/mol. The molecule has 1 atom stereocenters. The van der Waals surface area contributed by atoms with Crippen LogP contribution in [0.2, 0.25) is 5.02 Å². The summed E-state index contributed by atoms with van der Waals surface area (Å²) in [6, 6.07) is 8.77. The number of carbonyl (C=O) groups is 2. The van der Waals surface area contributed by atoms with Gasteiger partial charge in [-0.05, 0) is 51.5 Å². The molecule has 8 heteroatoms. The van der Waals surface area contributed by atoms with Gasteiger partial charge in [0, 0.05) is 10.7 Å². The van der Waals surface area contributed by atoms with Crippen LogP contribution in [-0.2, 0) is 9.53 Å². The normalized spacial score (nSPS) is 11.4. The molecular formula is C20H20ClN3O3S. The van der Waals surface area contributed by atoms with Crippen LogP contribution >= 0.6 is 23.4 Å². The lowest BCUT2D eigenvalue weighted by molar-refractivity contribution is -0.115. The van der Waals surface area contributed by atoms with E-state index in [1.165, 1.54) is 6.07 Å². The molecule has 0 saturated carbocycles. The topological polar surface area (TPSA) is 92.1 Å². The zero-order chi connectivity index (χ0) is 20.8. The minimum atomic E-state index is -0.525. The van der Waals surface area contributed by atoms with Gasteiger partial charge in [0.2, 0.25) is 5.91 Å². The standard InChI is InChI=1S/C20H20ClN3O3S/c1-5-27-20(26)15-9-14(10-22)19(23-12(15)3)28-13(4)18(25)24-17-8-6-7-16(21)11(17)2/h6-9,13H,5H2,1-4H3,(H,24,25)/t13-/m1/s1. The van der Waals surface area contributed by atoms with Crippen molar-refractivity contribution in [2.75, 3.05) is 11.9 Å². The first-order valence-corrected chi connectivity index (χ1v) is 9.85. The first-order chi connectivity index (χ1) is 13.3. The summed E-state index contributed by atoms with van der Waals surface area (Å²) in [5, 5.41) is 12.7. The Balaban J connectivity index is 2.21. The molecule has 0 aliphatic carbocycles. The van der Waals surface area contributed by atoms with Crippen molar-refractivity contribution in [3.63, 3.8) is 0 Å². The molecule has 1 aromatic carbocycles. The highest BCUT2D eigenvalue weighted by Crippen LogP contribution is 2.29. The maximum atomic E-state index is 12.6. The van der Waals surface area contributed by atoms with Gasteiger partial charge in [-0.25, -0.2) is 9.78 Å². The minimum Gasteiger partial charge on any atom is -0.462 e. The van der Waals surface area contributed by atoms with Crippen molar-refractivity contribution in [1.29, 1.82) is 5.26 Å². The number of esters is 1. The average Bonchev–Trinajstić information content (AvgIpc) is 2.65. The van der Waals surface area contributed by atoms with Crippen LogP contribution in [0.3, 0.4) is 0 Å². The third kappa shape index (κ3) is 5.03. The van der Waals surface area contributed by atoms with Crippen LogP contribution in [0.15, 0.2) is 29.3 Å². The monoisotopic (exact) mass is 417 g/mol. The van der Waals surface area contributed by atoms with Gasteiger partial charge in [0.25, 0.3) is 0 Å². The molecule has 1 N–H and O–H groups in total. The summed E-state index contributed by atoms with van der Waals surface area (Å²) in [5.41, 5.74) is 2.32.